The van der Waals surface area contributed by atoms with Gasteiger partial charge in [0.05, 0.1) is 5.69 Å². The molecule has 3 aromatic heterocycles. The summed E-state index contributed by atoms with van der Waals surface area (Å²) in [6.45, 7) is 2.09. The van der Waals surface area contributed by atoms with Crippen molar-refractivity contribution in [2.75, 3.05) is 23.3 Å². The number of fused-ring (bicyclic) bond motifs is 1. The van der Waals surface area contributed by atoms with E-state index in [2.05, 4.69) is 36.3 Å². The number of carbonyl (C=O) groups is 1. The van der Waals surface area contributed by atoms with Gasteiger partial charge in [-0.2, -0.15) is 14.6 Å². The van der Waals surface area contributed by atoms with Crippen LogP contribution < -0.4 is 16.0 Å². The number of carbonyl (C=O) groups excluding carboxylic acids is 1. The minimum absolute atomic E-state index is 0.0506. The lowest BCUT2D eigenvalue weighted by Gasteiger charge is -2.32. The highest BCUT2D eigenvalue weighted by Crippen LogP contribution is 2.26. The molecule has 1 aromatic carbocycles. The maximum atomic E-state index is 11.5. The van der Waals surface area contributed by atoms with E-state index in [1.54, 1.807) is 10.7 Å². The molecule has 0 spiro atoms. The number of hydrogen-bond acceptors (Lipinski definition) is 7. The third kappa shape index (κ3) is 3.96. The van der Waals surface area contributed by atoms with Crippen LogP contribution in [0.15, 0.2) is 61.1 Å². The largest absolute Gasteiger partial charge is 0.369 e. The van der Waals surface area contributed by atoms with Crippen molar-refractivity contribution in [3.8, 4) is 11.3 Å². The molecule has 0 unspecified atom stereocenters. The molecule has 162 valence electrons. The van der Waals surface area contributed by atoms with Crippen LogP contribution in [0.1, 0.15) is 18.4 Å². The zero-order valence-corrected chi connectivity index (χ0v) is 17.6. The molecule has 5 rings (SSSR count). The Morgan fingerprint density at radius 1 is 1.09 bits per heavy atom. The van der Waals surface area contributed by atoms with Crippen LogP contribution in [0.2, 0.25) is 0 Å². The number of amides is 1. The highest BCUT2D eigenvalue weighted by Gasteiger charge is 2.25. The smallest absolute Gasteiger partial charge is 0.254 e. The number of aromatic nitrogens is 5. The predicted molar refractivity (Wildman–Crippen MR) is 122 cm³/mol. The fraction of sp³-hybridized carbons (Fsp3) is 0.261. The van der Waals surface area contributed by atoms with E-state index in [1.165, 1.54) is 6.33 Å². The Morgan fingerprint density at radius 2 is 1.91 bits per heavy atom. The van der Waals surface area contributed by atoms with E-state index in [0.717, 1.165) is 54.4 Å². The van der Waals surface area contributed by atoms with E-state index in [1.807, 2.05) is 42.5 Å². The Morgan fingerprint density at radius 3 is 2.69 bits per heavy atom. The Bertz CT molecular complexity index is 1230. The number of nitrogens with one attached hydrogen (secondary N) is 1. The second-order valence-electron chi connectivity index (χ2n) is 7.87. The Kier molecular flexibility index (Phi) is 5.37. The number of primary amides is 1. The summed E-state index contributed by atoms with van der Waals surface area (Å²) in [6.07, 6.45) is 4.81. The summed E-state index contributed by atoms with van der Waals surface area (Å²) in [6, 6.07) is 16.0. The minimum Gasteiger partial charge on any atom is -0.369 e. The average Bonchev–Trinajstić information content (AvgIpc) is 3.32. The highest BCUT2D eigenvalue weighted by atomic mass is 16.1. The first-order valence-electron chi connectivity index (χ1n) is 10.7. The lowest BCUT2D eigenvalue weighted by atomic mass is 9.96. The molecular formula is C23H24N8O. The van der Waals surface area contributed by atoms with Crippen molar-refractivity contribution in [1.82, 2.24) is 24.6 Å². The molecule has 0 bridgehead atoms. The van der Waals surface area contributed by atoms with Crippen molar-refractivity contribution in [2.24, 2.45) is 11.7 Å². The molecule has 1 aliphatic heterocycles. The van der Waals surface area contributed by atoms with Gasteiger partial charge in [0, 0.05) is 48.9 Å². The number of hydrogen-bond donors (Lipinski definition) is 2. The van der Waals surface area contributed by atoms with E-state index >= 15 is 0 Å². The quantitative estimate of drug-likeness (QED) is 0.485. The normalized spacial score (nSPS) is 14.6. The first kappa shape index (κ1) is 19.9. The van der Waals surface area contributed by atoms with Crippen molar-refractivity contribution < 1.29 is 4.79 Å². The van der Waals surface area contributed by atoms with Gasteiger partial charge in [-0.25, -0.2) is 9.97 Å². The number of nitrogens with zero attached hydrogens (tertiary/aromatic N) is 6. The number of rotatable bonds is 6. The number of piperidine rings is 1. The van der Waals surface area contributed by atoms with E-state index in [-0.39, 0.29) is 11.8 Å². The molecule has 0 atom stereocenters. The van der Waals surface area contributed by atoms with Gasteiger partial charge in [-0.3, -0.25) is 4.79 Å². The summed E-state index contributed by atoms with van der Waals surface area (Å²) in [5.41, 5.74) is 8.39. The Hall–Kier alpha value is -4.01. The van der Waals surface area contributed by atoms with Gasteiger partial charge in [0.2, 0.25) is 5.91 Å². The molecule has 9 nitrogen and oxygen atoms in total. The van der Waals surface area contributed by atoms with Gasteiger partial charge in [0.25, 0.3) is 5.78 Å². The molecule has 4 heterocycles. The Balaban J connectivity index is 1.39. The predicted octanol–water partition coefficient (Wildman–Crippen LogP) is 2.50. The van der Waals surface area contributed by atoms with E-state index in [9.17, 15) is 4.79 Å². The van der Waals surface area contributed by atoms with Gasteiger partial charge in [0.15, 0.2) is 0 Å². The number of pyridine rings is 1. The van der Waals surface area contributed by atoms with Crippen molar-refractivity contribution >= 4 is 23.3 Å². The van der Waals surface area contributed by atoms with Crippen LogP contribution in [0.5, 0.6) is 0 Å². The minimum atomic E-state index is -0.212. The van der Waals surface area contributed by atoms with Gasteiger partial charge >= 0.3 is 0 Å². The number of nitrogens with two attached hydrogens (primary N) is 1. The van der Waals surface area contributed by atoms with Crippen LogP contribution in [0.4, 0.5) is 11.6 Å². The van der Waals surface area contributed by atoms with Crippen LogP contribution in [-0.2, 0) is 11.3 Å². The summed E-state index contributed by atoms with van der Waals surface area (Å²) < 4.78 is 1.70. The maximum absolute atomic E-state index is 11.5. The van der Waals surface area contributed by atoms with Gasteiger partial charge in [0.1, 0.15) is 18.0 Å². The SMILES string of the molecule is NC(=O)C1CCN(c2ncccc2CNc2cc(-c3ccccc3)nc3ncnn23)CC1. The molecule has 0 radical (unpaired) electrons. The number of anilines is 2. The zero-order chi connectivity index (χ0) is 21.9. The van der Waals surface area contributed by atoms with Gasteiger partial charge in [-0.05, 0) is 18.9 Å². The molecule has 1 saturated heterocycles. The van der Waals surface area contributed by atoms with Gasteiger partial charge in [-0.1, -0.05) is 36.4 Å². The zero-order valence-electron chi connectivity index (χ0n) is 17.6. The van der Waals surface area contributed by atoms with Crippen LogP contribution in [0, 0.1) is 5.92 Å². The van der Waals surface area contributed by atoms with Crippen LogP contribution in [0.25, 0.3) is 17.0 Å². The second kappa shape index (κ2) is 8.62. The monoisotopic (exact) mass is 428 g/mol. The third-order valence-corrected chi connectivity index (χ3v) is 5.85. The third-order valence-electron chi connectivity index (χ3n) is 5.85. The molecule has 0 saturated carbocycles. The summed E-state index contributed by atoms with van der Waals surface area (Å²) in [5.74, 6) is 2.00. The molecule has 3 N–H and O–H groups in total. The van der Waals surface area contributed by atoms with Crippen molar-refractivity contribution in [1.29, 1.82) is 0 Å². The van der Waals surface area contributed by atoms with Crippen molar-refractivity contribution in [3.05, 3.63) is 66.6 Å². The molecule has 32 heavy (non-hydrogen) atoms. The van der Waals surface area contributed by atoms with Gasteiger partial charge < -0.3 is 16.0 Å². The molecule has 1 aliphatic rings. The van der Waals surface area contributed by atoms with E-state index < -0.39 is 0 Å². The van der Waals surface area contributed by atoms with Crippen LogP contribution >= 0.6 is 0 Å². The molecule has 1 amide bonds. The second-order valence-corrected chi connectivity index (χ2v) is 7.87. The molecule has 9 heteroatoms. The lowest BCUT2D eigenvalue weighted by molar-refractivity contribution is -0.122. The first-order chi connectivity index (χ1) is 15.7. The van der Waals surface area contributed by atoms with E-state index in [0.29, 0.717) is 12.3 Å². The van der Waals surface area contributed by atoms with Crippen molar-refractivity contribution in [2.45, 2.75) is 19.4 Å². The molecular weight excluding hydrogens is 404 g/mol. The first-order valence-corrected chi connectivity index (χ1v) is 10.7. The Labute approximate surface area is 185 Å². The molecule has 4 aromatic rings. The van der Waals surface area contributed by atoms with Gasteiger partial charge in [-0.15, -0.1) is 0 Å². The topological polar surface area (TPSA) is 114 Å². The van der Waals surface area contributed by atoms with Crippen LogP contribution in [0.3, 0.4) is 0 Å². The average molecular weight is 429 g/mol. The van der Waals surface area contributed by atoms with E-state index in [4.69, 9.17) is 5.73 Å². The molecule has 0 aliphatic carbocycles. The van der Waals surface area contributed by atoms with Crippen molar-refractivity contribution in [3.63, 3.8) is 0 Å². The fourth-order valence-corrected chi connectivity index (χ4v) is 4.11. The number of benzene rings is 1. The summed E-state index contributed by atoms with van der Waals surface area (Å²) >= 11 is 0. The van der Waals surface area contributed by atoms with Crippen LogP contribution in [-0.4, -0.2) is 43.6 Å². The lowest BCUT2D eigenvalue weighted by Crippen LogP contribution is -2.39. The molecule has 1 fully saturated rings. The highest BCUT2D eigenvalue weighted by molar-refractivity contribution is 5.77. The summed E-state index contributed by atoms with van der Waals surface area (Å²) in [7, 11) is 0. The standard InChI is InChI=1S/C23H24N8O/c24-21(32)17-8-11-30(12-9-17)22-18(7-4-10-25-22)14-26-20-13-19(16-5-2-1-3-6-16)29-23-27-15-28-31(20)23/h1-7,10,13,15,17,26H,8-9,11-12,14H2,(H2,24,32). The summed E-state index contributed by atoms with van der Waals surface area (Å²) in [4.78, 5) is 27.2. The maximum Gasteiger partial charge on any atom is 0.254 e. The summed E-state index contributed by atoms with van der Waals surface area (Å²) in [5, 5.41) is 7.80. The fourth-order valence-electron chi connectivity index (χ4n) is 4.11.